The molecular formula is C31H37F4N3O3. The van der Waals surface area contributed by atoms with Crippen molar-refractivity contribution in [1.82, 2.24) is 15.5 Å². The maximum atomic E-state index is 15.1. The van der Waals surface area contributed by atoms with Crippen molar-refractivity contribution in [2.45, 2.75) is 51.1 Å². The SMILES string of the molecule is O=C(NC(=O)[C@H]1CCCNC1)c1ccccc1-c1ccc(OCC2CCN(CC3(C(F)(F)F)CCC3)CC2)c(F)c1. The molecule has 2 N–H and O–H groups in total. The molecule has 2 heterocycles. The standard InChI is InChI=1S/C31H37F4N3O3/c32-26-17-22(24-6-1-2-7-25(24)29(40)37-28(39)23-5-3-14-36-18-23)8-9-27(26)41-19-21-10-15-38(16-11-21)20-30(12-4-13-30)31(33,34)35/h1-2,6-9,17,21,23,36H,3-5,10-16,18-20H2,(H,37,39,40)/t23-/m0/s1. The summed E-state index contributed by atoms with van der Waals surface area (Å²) in [4.78, 5) is 27.4. The molecule has 1 aliphatic carbocycles. The minimum Gasteiger partial charge on any atom is -0.490 e. The lowest BCUT2D eigenvalue weighted by Crippen LogP contribution is -2.53. The molecule has 10 heteroatoms. The van der Waals surface area contributed by atoms with Gasteiger partial charge in [0.2, 0.25) is 5.91 Å². The summed E-state index contributed by atoms with van der Waals surface area (Å²) in [5.41, 5.74) is -0.294. The number of benzene rings is 2. The Hall–Kier alpha value is -2.98. The minimum atomic E-state index is -4.16. The van der Waals surface area contributed by atoms with E-state index < -0.39 is 23.3 Å². The van der Waals surface area contributed by atoms with E-state index in [9.17, 15) is 22.8 Å². The highest BCUT2D eigenvalue weighted by Gasteiger charge is 2.58. The van der Waals surface area contributed by atoms with Crippen molar-refractivity contribution in [2.24, 2.45) is 17.3 Å². The fourth-order valence-corrected chi connectivity index (χ4v) is 6.16. The molecule has 2 aromatic rings. The highest BCUT2D eigenvalue weighted by Crippen LogP contribution is 2.53. The van der Waals surface area contributed by atoms with E-state index in [-0.39, 0.29) is 55.0 Å². The van der Waals surface area contributed by atoms with E-state index in [1.165, 1.54) is 12.1 Å². The predicted octanol–water partition coefficient (Wildman–Crippen LogP) is 5.57. The number of hydrogen-bond acceptors (Lipinski definition) is 5. The van der Waals surface area contributed by atoms with Crippen LogP contribution in [0.3, 0.4) is 0 Å². The van der Waals surface area contributed by atoms with E-state index in [4.69, 9.17) is 4.74 Å². The van der Waals surface area contributed by atoms with Crippen molar-refractivity contribution in [1.29, 1.82) is 0 Å². The van der Waals surface area contributed by atoms with E-state index in [1.807, 2.05) is 4.90 Å². The van der Waals surface area contributed by atoms with Crippen molar-refractivity contribution in [3.63, 3.8) is 0 Å². The van der Waals surface area contributed by atoms with Gasteiger partial charge in [-0.05, 0) is 93.4 Å². The van der Waals surface area contributed by atoms with E-state index in [2.05, 4.69) is 10.6 Å². The first-order valence-electron chi connectivity index (χ1n) is 14.5. The number of ether oxygens (including phenoxy) is 1. The average Bonchev–Trinajstić information content (AvgIpc) is 2.94. The van der Waals surface area contributed by atoms with Gasteiger partial charge < -0.3 is 15.0 Å². The second-order valence-electron chi connectivity index (χ2n) is 11.7. The number of rotatable bonds is 8. The maximum absolute atomic E-state index is 15.1. The van der Waals surface area contributed by atoms with Crippen LogP contribution in [0.4, 0.5) is 17.6 Å². The smallest absolute Gasteiger partial charge is 0.395 e. The van der Waals surface area contributed by atoms with Crippen LogP contribution in [0.25, 0.3) is 11.1 Å². The Labute approximate surface area is 237 Å². The Kier molecular flexibility index (Phi) is 8.99. The molecule has 6 nitrogen and oxygen atoms in total. The topological polar surface area (TPSA) is 70.7 Å². The van der Waals surface area contributed by atoms with E-state index in [0.29, 0.717) is 50.0 Å². The molecule has 3 aliphatic rings. The Morgan fingerprint density at radius 3 is 2.44 bits per heavy atom. The third-order valence-corrected chi connectivity index (χ3v) is 8.94. The summed E-state index contributed by atoms with van der Waals surface area (Å²) >= 11 is 0. The van der Waals surface area contributed by atoms with Gasteiger partial charge in [0.15, 0.2) is 11.6 Å². The largest absolute Gasteiger partial charge is 0.490 e. The monoisotopic (exact) mass is 575 g/mol. The normalized spacial score (nSPS) is 21.6. The van der Waals surface area contributed by atoms with Gasteiger partial charge in [-0.3, -0.25) is 14.9 Å². The van der Waals surface area contributed by atoms with Gasteiger partial charge in [0.1, 0.15) is 0 Å². The van der Waals surface area contributed by atoms with Crippen LogP contribution in [0.5, 0.6) is 5.75 Å². The number of nitrogens with one attached hydrogen (secondary N) is 2. The summed E-state index contributed by atoms with van der Waals surface area (Å²) in [7, 11) is 0. The number of piperidine rings is 2. The van der Waals surface area contributed by atoms with Gasteiger partial charge in [0, 0.05) is 18.7 Å². The van der Waals surface area contributed by atoms with Gasteiger partial charge in [0.05, 0.1) is 17.9 Å². The van der Waals surface area contributed by atoms with Crippen molar-refractivity contribution in [3.05, 3.63) is 53.8 Å². The summed E-state index contributed by atoms with van der Waals surface area (Å²) in [5, 5.41) is 5.66. The zero-order valence-electron chi connectivity index (χ0n) is 23.1. The van der Waals surface area contributed by atoms with Crippen LogP contribution in [-0.4, -0.2) is 62.2 Å². The number of hydrogen-bond donors (Lipinski definition) is 2. The first kappa shape index (κ1) is 29.5. The number of likely N-dealkylation sites (tertiary alicyclic amines) is 1. The molecule has 0 spiro atoms. The summed E-state index contributed by atoms with van der Waals surface area (Å²) in [6.07, 6.45) is -0.122. The van der Waals surface area contributed by atoms with Crippen molar-refractivity contribution in [2.75, 3.05) is 39.3 Å². The molecule has 222 valence electrons. The summed E-state index contributed by atoms with van der Waals surface area (Å²) in [6.45, 7) is 2.89. The van der Waals surface area contributed by atoms with Gasteiger partial charge in [-0.15, -0.1) is 0 Å². The predicted molar refractivity (Wildman–Crippen MR) is 147 cm³/mol. The Balaban J connectivity index is 1.16. The van der Waals surface area contributed by atoms with Gasteiger partial charge >= 0.3 is 6.18 Å². The van der Waals surface area contributed by atoms with Gasteiger partial charge in [-0.25, -0.2) is 4.39 Å². The Bertz CT molecular complexity index is 1230. The van der Waals surface area contributed by atoms with Gasteiger partial charge in [0.25, 0.3) is 5.91 Å². The summed E-state index contributed by atoms with van der Waals surface area (Å²) in [5.74, 6) is -1.46. The molecule has 3 fully saturated rings. The van der Waals surface area contributed by atoms with Crippen LogP contribution in [0, 0.1) is 23.1 Å². The molecule has 0 aromatic heterocycles. The second-order valence-corrected chi connectivity index (χ2v) is 11.7. The highest BCUT2D eigenvalue weighted by molar-refractivity contribution is 6.08. The zero-order valence-corrected chi connectivity index (χ0v) is 23.1. The number of halogens is 4. The molecule has 41 heavy (non-hydrogen) atoms. The van der Waals surface area contributed by atoms with Crippen LogP contribution in [-0.2, 0) is 4.79 Å². The zero-order chi connectivity index (χ0) is 29.0. The molecule has 0 unspecified atom stereocenters. The molecule has 1 atom stereocenters. The Morgan fingerprint density at radius 2 is 1.80 bits per heavy atom. The van der Waals surface area contributed by atoms with E-state index in [1.54, 1.807) is 30.3 Å². The highest BCUT2D eigenvalue weighted by atomic mass is 19.4. The van der Waals surface area contributed by atoms with Crippen LogP contribution >= 0.6 is 0 Å². The second kappa shape index (κ2) is 12.5. The Morgan fingerprint density at radius 1 is 1.05 bits per heavy atom. The molecular weight excluding hydrogens is 538 g/mol. The van der Waals surface area contributed by atoms with Crippen LogP contribution in [0.15, 0.2) is 42.5 Å². The molecule has 2 amide bonds. The fourth-order valence-electron chi connectivity index (χ4n) is 6.16. The summed E-state index contributed by atoms with van der Waals surface area (Å²) < 4.78 is 61.5. The third kappa shape index (κ3) is 6.75. The number of alkyl halides is 3. The lowest BCUT2D eigenvalue weighted by Gasteiger charge is -2.47. The first-order valence-corrected chi connectivity index (χ1v) is 14.5. The third-order valence-electron chi connectivity index (χ3n) is 8.94. The van der Waals surface area contributed by atoms with Crippen LogP contribution in [0.2, 0.25) is 0 Å². The molecule has 0 bridgehead atoms. The lowest BCUT2D eigenvalue weighted by molar-refractivity contribution is -0.256. The van der Waals surface area contributed by atoms with Crippen LogP contribution in [0.1, 0.15) is 55.3 Å². The van der Waals surface area contributed by atoms with E-state index >= 15 is 4.39 Å². The molecule has 1 saturated carbocycles. The molecule has 2 aliphatic heterocycles. The average molecular weight is 576 g/mol. The minimum absolute atomic E-state index is 0.0611. The number of carbonyl (C=O) groups is 2. The molecule has 5 rings (SSSR count). The molecule has 2 saturated heterocycles. The fraction of sp³-hybridized carbons (Fsp3) is 0.548. The van der Waals surface area contributed by atoms with Crippen LogP contribution < -0.4 is 15.4 Å². The number of amides is 2. The lowest BCUT2D eigenvalue weighted by atomic mass is 9.67. The van der Waals surface area contributed by atoms with Crippen molar-refractivity contribution < 1.29 is 31.9 Å². The van der Waals surface area contributed by atoms with Crippen molar-refractivity contribution in [3.8, 4) is 16.9 Å². The quantitative estimate of drug-likeness (QED) is 0.318. The number of nitrogens with zero attached hydrogens (tertiary/aromatic N) is 1. The van der Waals surface area contributed by atoms with Gasteiger partial charge in [-0.2, -0.15) is 13.2 Å². The number of imide groups is 1. The number of carbonyl (C=O) groups excluding carboxylic acids is 2. The summed E-state index contributed by atoms with van der Waals surface area (Å²) in [6, 6.07) is 11.3. The van der Waals surface area contributed by atoms with Gasteiger partial charge in [-0.1, -0.05) is 30.7 Å². The molecule has 2 aromatic carbocycles. The maximum Gasteiger partial charge on any atom is 0.395 e. The van der Waals surface area contributed by atoms with Crippen molar-refractivity contribution >= 4 is 11.8 Å². The van der Waals surface area contributed by atoms with E-state index in [0.717, 1.165) is 19.4 Å². The first-order chi connectivity index (χ1) is 19.6. The molecule has 0 radical (unpaired) electrons.